The van der Waals surface area contributed by atoms with Crippen molar-refractivity contribution >= 4 is 17.4 Å². The summed E-state index contributed by atoms with van der Waals surface area (Å²) in [5, 5.41) is 3.82. The first-order valence-electron chi connectivity index (χ1n) is 6.10. The topological polar surface area (TPSA) is 41.1 Å². The minimum absolute atomic E-state index is 0.714. The quantitative estimate of drug-likeness (QED) is 0.911. The van der Waals surface area contributed by atoms with Crippen LogP contribution in [0, 0.1) is 0 Å². The molecule has 2 rings (SSSR count). The molecule has 1 heterocycles. The largest absolute Gasteiger partial charge is 0.354 e. The molecule has 0 fully saturated rings. The van der Waals surface area contributed by atoms with Crippen molar-refractivity contribution in [2.24, 2.45) is 0 Å². The van der Waals surface area contributed by atoms with E-state index in [0.29, 0.717) is 6.54 Å². The Bertz CT molecular complexity index is 544. The number of benzene rings is 1. The van der Waals surface area contributed by atoms with Crippen LogP contribution in [0.2, 0.25) is 5.02 Å². The normalized spacial score (nSPS) is 10.5. The van der Waals surface area contributed by atoms with Gasteiger partial charge in [-0.2, -0.15) is 0 Å². The molecule has 0 aliphatic heterocycles. The van der Waals surface area contributed by atoms with E-state index in [1.807, 2.05) is 38.4 Å². The van der Waals surface area contributed by atoms with Gasteiger partial charge in [0.15, 0.2) is 0 Å². The van der Waals surface area contributed by atoms with Gasteiger partial charge < -0.3 is 10.2 Å². The van der Waals surface area contributed by atoms with Crippen LogP contribution in [0.3, 0.4) is 0 Å². The fourth-order valence-electron chi connectivity index (χ4n) is 1.84. The van der Waals surface area contributed by atoms with Gasteiger partial charge in [0.2, 0.25) is 0 Å². The SMILES string of the molecule is CNCc1cncc(N(C)Cc2cccc(Cl)c2)n1. The third-order valence-corrected chi connectivity index (χ3v) is 2.96. The Morgan fingerprint density at radius 2 is 2.16 bits per heavy atom. The van der Waals surface area contributed by atoms with E-state index in [1.165, 1.54) is 0 Å². The van der Waals surface area contributed by atoms with Crippen LogP contribution in [-0.4, -0.2) is 24.1 Å². The highest BCUT2D eigenvalue weighted by atomic mass is 35.5. The molecular formula is C14H17ClN4. The molecule has 0 unspecified atom stereocenters. The Morgan fingerprint density at radius 3 is 2.89 bits per heavy atom. The van der Waals surface area contributed by atoms with Gasteiger partial charge in [-0.25, -0.2) is 4.98 Å². The number of halogens is 1. The average Bonchev–Trinajstić information content (AvgIpc) is 2.39. The van der Waals surface area contributed by atoms with Crippen molar-refractivity contribution in [2.75, 3.05) is 19.0 Å². The molecule has 0 aliphatic rings. The molecule has 1 aromatic carbocycles. The number of rotatable bonds is 5. The Hall–Kier alpha value is -1.65. The van der Waals surface area contributed by atoms with Gasteiger partial charge in [-0.15, -0.1) is 0 Å². The highest BCUT2D eigenvalue weighted by Crippen LogP contribution is 2.15. The van der Waals surface area contributed by atoms with Gasteiger partial charge >= 0.3 is 0 Å². The molecule has 1 aromatic heterocycles. The molecule has 1 N–H and O–H groups in total. The second-order valence-electron chi connectivity index (χ2n) is 4.38. The molecule has 100 valence electrons. The second kappa shape index (κ2) is 6.50. The second-order valence-corrected chi connectivity index (χ2v) is 4.82. The predicted molar refractivity (Wildman–Crippen MR) is 78.4 cm³/mol. The van der Waals surface area contributed by atoms with Crippen LogP contribution in [0.4, 0.5) is 5.82 Å². The van der Waals surface area contributed by atoms with Gasteiger partial charge in [-0.3, -0.25) is 4.98 Å². The molecule has 2 aromatic rings. The number of nitrogens with one attached hydrogen (secondary N) is 1. The van der Waals surface area contributed by atoms with Crippen LogP contribution in [-0.2, 0) is 13.1 Å². The van der Waals surface area contributed by atoms with E-state index in [9.17, 15) is 0 Å². The van der Waals surface area contributed by atoms with Crippen molar-refractivity contribution in [1.29, 1.82) is 0 Å². The zero-order chi connectivity index (χ0) is 13.7. The van der Waals surface area contributed by atoms with Crippen LogP contribution in [0.25, 0.3) is 0 Å². The van der Waals surface area contributed by atoms with E-state index < -0.39 is 0 Å². The number of nitrogens with zero attached hydrogens (tertiary/aromatic N) is 3. The molecule has 5 heteroatoms. The van der Waals surface area contributed by atoms with Crippen LogP contribution in [0.1, 0.15) is 11.3 Å². The maximum atomic E-state index is 5.99. The van der Waals surface area contributed by atoms with Crippen molar-refractivity contribution in [3.63, 3.8) is 0 Å². The summed E-state index contributed by atoms with van der Waals surface area (Å²) in [5.41, 5.74) is 2.08. The molecule has 0 atom stereocenters. The zero-order valence-corrected chi connectivity index (χ0v) is 11.9. The van der Waals surface area contributed by atoms with Crippen LogP contribution < -0.4 is 10.2 Å². The van der Waals surface area contributed by atoms with E-state index in [1.54, 1.807) is 12.4 Å². The Labute approximate surface area is 118 Å². The average molecular weight is 277 g/mol. The molecule has 0 spiro atoms. The monoisotopic (exact) mass is 276 g/mol. The van der Waals surface area contributed by atoms with E-state index in [4.69, 9.17) is 11.6 Å². The van der Waals surface area contributed by atoms with Crippen molar-refractivity contribution in [1.82, 2.24) is 15.3 Å². The van der Waals surface area contributed by atoms with Gasteiger partial charge in [0.25, 0.3) is 0 Å². The summed E-state index contributed by atoms with van der Waals surface area (Å²) in [7, 11) is 3.89. The summed E-state index contributed by atoms with van der Waals surface area (Å²) >= 11 is 5.99. The smallest absolute Gasteiger partial charge is 0.147 e. The molecule has 0 saturated heterocycles. The van der Waals surface area contributed by atoms with Crippen LogP contribution in [0.5, 0.6) is 0 Å². The Kier molecular flexibility index (Phi) is 4.71. The zero-order valence-electron chi connectivity index (χ0n) is 11.1. The minimum Gasteiger partial charge on any atom is -0.354 e. The van der Waals surface area contributed by atoms with Gasteiger partial charge in [-0.05, 0) is 24.7 Å². The molecular weight excluding hydrogens is 260 g/mol. The van der Waals surface area contributed by atoms with Crippen molar-refractivity contribution in [3.8, 4) is 0 Å². The molecule has 0 bridgehead atoms. The van der Waals surface area contributed by atoms with Crippen molar-refractivity contribution in [3.05, 3.63) is 52.9 Å². The maximum absolute atomic E-state index is 5.99. The van der Waals surface area contributed by atoms with Gasteiger partial charge in [0.1, 0.15) is 5.82 Å². The maximum Gasteiger partial charge on any atom is 0.147 e. The van der Waals surface area contributed by atoms with E-state index >= 15 is 0 Å². The highest BCUT2D eigenvalue weighted by Gasteiger charge is 2.05. The van der Waals surface area contributed by atoms with Crippen molar-refractivity contribution < 1.29 is 0 Å². The summed E-state index contributed by atoms with van der Waals surface area (Å²) < 4.78 is 0. The van der Waals surface area contributed by atoms with Crippen LogP contribution in [0.15, 0.2) is 36.7 Å². The molecule has 19 heavy (non-hydrogen) atoms. The predicted octanol–water partition coefficient (Wildman–Crippen LogP) is 2.49. The fraction of sp³-hybridized carbons (Fsp3) is 0.286. The first-order chi connectivity index (χ1) is 9.19. The van der Waals surface area contributed by atoms with Gasteiger partial charge in [0, 0.05) is 31.4 Å². The number of hydrogen-bond donors (Lipinski definition) is 1. The lowest BCUT2D eigenvalue weighted by Crippen LogP contribution is -2.19. The summed E-state index contributed by atoms with van der Waals surface area (Å²) in [6.45, 7) is 1.46. The van der Waals surface area contributed by atoms with Crippen LogP contribution >= 0.6 is 11.6 Å². The lowest BCUT2D eigenvalue weighted by Gasteiger charge is -2.18. The first-order valence-corrected chi connectivity index (χ1v) is 6.48. The highest BCUT2D eigenvalue weighted by molar-refractivity contribution is 6.30. The summed E-state index contributed by atoms with van der Waals surface area (Å²) in [6.07, 6.45) is 3.54. The summed E-state index contributed by atoms with van der Waals surface area (Å²) in [5.74, 6) is 0.854. The first kappa shape index (κ1) is 13.8. The molecule has 0 amide bonds. The van der Waals surface area contributed by atoms with Crippen molar-refractivity contribution in [2.45, 2.75) is 13.1 Å². The Balaban J connectivity index is 2.11. The summed E-state index contributed by atoms with van der Waals surface area (Å²) in [4.78, 5) is 10.8. The lowest BCUT2D eigenvalue weighted by molar-refractivity contribution is 0.775. The number of anilines is 1. The fourth-order valence-corrected chi connectivity index (χ4v) is 2.05. The lowest BCUT2D eigenvalue weighted by atomic mass is 10.2. The molecule has 0 aliphatic carbocycles. The summed E-state index contributed by atoms with van der Waals surface area (Å²) in [6, 6.07) is 7.84. The molecule has 4 nitrogen and oxygen atoms in total. The third-order valence-electron chi connectivity index (χ3n) is 2.73. The third kappa shape index (κ3) is 3.91. The van der Waals surface area contributed by atoms with Gasteiger partial charge in [-0.1, -0.05) is 23.7 Å². The van der Waals surface area contributed by atoms with E-state index in [2.05, 4.69) is 20.2 Å². The standard InChI is InChI=1S/C14H17ClN4/c1-16-7-13-8-17-9-14(18-13)19(2)10-11-4-3-5-12(15)6-11/h3-6,8-9,16H,7,10H2,1-2H3. The number of aromatic nitrogens is 2. The van der Waals surface area contributed by atoms with E-state index in [-0.39, 0.29) is 0 Å². The molecule has 0 saturated carbocycles. The minimum atomic E-state index is 0.714. The Morgan fingerprint density at radius 1 is 1.32 bits per heavy atom. The number of hydrogen-bond acceptors (Lipinski definition) is 4. The molecule has 0 radical (unpaired) electrons. The van der Waals surface area contributed by atoms with E-state index in [0.717, 1.165) is 28.6 Å². The van der Waals surface area contributed by atoms with Gasteiger partial charge in [0.05, 0.1) is 11.9 Å².